The van der Waals surface area contributed by atoms with Gasteiger partial charge in [-0.3, -0.25) is 9.48 Å². The van der Waals surface area contributed by atoms with Gasteiger partial charge in [0.15, 0.2) is 0 Å². The van der Waals surface area contributed by atoms with E-state index in [4.69, 9.17) is 4.74 Å². The van der Waals surface area contributed by atoms with Crippen molar-refractivity contribution in [1.29, 1.82) is 0 Å². The van der Waals surface area contributed by atoms with Crippen molar-refractivity contribution in [3.8, 4) is 5.75 Å². The number of benzene rings is 1. The van der Waals surface area contributed by atoms with E-state index in [-0.39, 0.29) is 11.8 Å². The summed E-state index contributed by atoms with van der Waals surface area (Å²) in [6.45, 7) is 6.59. The van der Waals surface area contributed by atoms with Crippen LogP contribution >= 0.6 is 0 Å². The second kappa shape index (κ2) is 8.88. The summed E-state index contributed by atoms with van der Waals surface area (Å²) in [5, 5.41) is 7.37. The predicted molar refractivity (Wildman–Crippen MR) is 102 cm³/mol. The molecule has 0 saturated heterocycles. The highest BCUT2D eigenvalue weighted by atomic mass is 16.5. The van der Waals surface area contributed by atoms with E-state index in [0.29, 0.717) is 12.5 Å². The second-order valence-corrected chi connectivity index (χ2v) is 7.42. The Kier molecular flexibility index (Phi) is 6.31. The third-order valence-electron chi connectivity index (χ3n) is 4.94. The summed E-state index contributed by atoms with van der Waals surface area (Å²) >= 11 is 0. The molecule has 140 valence electrons. The minimum Gasteiger partial charge on any atom is -0.493 e. The Bertz CT molecular complexity index is 724. The number of nitrogens with zero attached hydrogens (tertiary/aromatic N) is 2. The lowest BCUT2D eigenvalue weighted by Crippen LogP contribution is -2.36. The Morgan fingerprint density at radius 1 is 1.35 bits per heavy atom. The predicted octanol–water partition coefficient (Wildman–Crippen LogP) is 3.23. The molecule has 5 heteroatoms. The van der Waals surface area contributed by atoms with Crippen molar-refractivity contribution in [3.05, 3.63) is 47.8 Å². The first-order chi connectivity index (χ1) is 12.6. The third kappa shape index (κ3) is 4.87. The van der Waals surface area contributed by atoms with Crippen LogP contribution in [-0.2, 0) is 24.2 Å². The summed E-state index contributed by atoms with van der Waals surface area (Å²) in [5.41, 5.74) is 2.30. The largest absolute Gasteiger partial charge is 0.493 e. The van der Waals surface area contributed by atoms with Crippen LogP contribution in [0.25, 0.3) is 0 Å². The number of amides is 1. The normalized spacial score (nSPS) is 16.3. The maximum absolute atomic E-state index is 12.5. The number of hydrogen-bond acceptors (Lipinski definition) is 3. The lowest BCUT2D eigenvalue weighted by molar-refractivity contribution is -0.125. The van der Waals surface area contributed by atoms with E-state index < -0.39 is 0 Å². The molecule has 1 aromatic carbocycles. The van der Waals surface area contributed by atoms with E-state index in [1.54, 1.807) is 0 Å². The third-order valence-corrected chi connectivity index (χ3v) is 4.94. The van der Waals surface area contributed by atoms with Gasteiger partial charge in [0.2, 0.25) is 5.91 Å². The van der Waals surface area contributed by atoms with Crippen molar-refractivity contribution in [2.24, 2.45) is 11.8 Å². The van der Waals surface area contributed by atoms with Gasteiger partial charge in [-0.05, 0) is 42.9 Å². The van der Waals surface area contributed by atoms with Crippen LogP contribution in [0.3, 0.4) is 0 Å². The number of aromatic nitrogens is 2. The minimum absolute atomic E-state index is 0.0525. The van der Waals surface area contributed by atoms with Gasteiger partial charge in [0.1, 0.15) is 5.75 Å². The fraction of sp³-hybridized carbons (Fsp3) is 0.524. The topological polar surface area (TPSA) is 56.1 Å². The van der Waals surface area contributed by atoms with E-state index in [1.807, 2.05) is 35.1 Å². The van der Waals surface area contributed by atoms with Crippen LogP contribution in [0.15, 0.2) is 36.5 Å². The molecule has 1 aliphatic rings. The average Bonchev–Trinajstić information content (AvgIpc) is 3.10. The van der Waals surface area contributed by atoms with Crippen LogP contribution in [-0.4, -0.2) is 28.8 Å². The Morgan fingerprint density at radius 2 is 2.19 bits per heavy atom. The molecule has 26 heavy (non-hydrogen) atoms. The minimum atomic E-state index is 0.0525. The van der Waals surface area contributed by atoms with E-state index in [1.165, 1.54) is 0 Å². The number of ether oxygens (including phenoxy) is 1. The fourth-order valence-corrected chi connectivity index (χ4v) is 3.31. The SMILES string of the molecule is CC(C)CCOc1ccccc1CCNC(=O)C1CCn2nccc2C1. The summed E-state index contributed by atoms with van der Waals surface area (Å²) in [5.74, 6) is 1.77. The number of aryl methyl sites for hydroxylation is 1. The number of fused-ring (bicyclic) bond motifs is 1. The zero-order valence-corrected chi connectivity index (χ0v) is 15.8. The molecular weight excluding hydrogens is 326 g/mol. The van der Waals surface area contributed by atoms with Crippen molar-refractivity contribution in [2.75, 3.05) is 13.2 Å². The zero-order chi connectivity index (χ0) is 18.4. The Morgan fingerprint density at radius 3 is 3.04 bits per heavy atom. The quantitative estimate of drug-likeness (QED) is 0.791. The van der Waals surface area contributed by atoms with Gasteiger partial charge in [0, 0.05) is 37.3 Å². The highest BCUT2D eigenvalue weighted by Crippen LogP contribution is 2.21. The number of carbonyl (C=O) groups excluding carboxylic acids is 1. The number of nitrogens with one attached hydrogen (secondary N) is 1. The first kappa shape index (κ1) is 18.5. The van der Waals surface area contributed by atoms with E-state index in [2.05, 4.69) is 30.3 Å². The van der Waals surface area contributed by atoms with Crippen LogP contribution in [0, 0.1) is 11.8 Å². The maximum Gasteiger partial charge on any atom is 0.223 e. The summed E-state index contributed by atoms with van der Waals surface area (Å²) < 4.78 is 7.92. The fourth-order valence-electron chi connectivity index (χ4n) is 3.31. The second-order valence-electron chi connectivity index (χ2n) is 7.42. The van der Waals surface area contributed by atoms with Gasteiger partial charge < -0.3 is 10.1 Å². The summed E-state index contributed by atoms with van der Waals surface area (Å²) in [4.78, 5) is 12.5. The molecule has 1 aromatic heterocycles. The van der Waals surface area contributed by atoms with E-state index in [9.17, 15) is 4.79 Å². The first-order valence-electron chi connectivity index (χ1n) is 9.62. The summed E-state index contributed by atoms with van der Waals surface area (Å²) in [6.07, 6.45) is 5.28. The van der Waals surface area contributed by atoms with Gasteiger partial charge in [-0.15, -0.1) is 0 Å². The van der Waals surface area contributed by atoms with Crippen LogP contribution in [0.2, 0.25) is 0 Å². The van der Waals surface area contributed by atoms with Crippen molar-refractivity contribution >= 4 is 5.91 Å². The molecule has 0 aliphatic carbocycles. The van der Waals surface area contributed by atoms with E-state index >= 15 is 0 Å². The Hall–Kier alpha value is -2.30. The highest BCUT2D eigenvalue weighted by molar-refractivity contribution is 5.79. The molecule has 0 radical (unpaired) electrons. The molecule has 1 aliphatic heterocycles. The molecule has 0 fully saturated rings. The first-order valence-corrected chi connectivity index (χ1v) is 9.62. The highest BCUT2D eigenvalue weighted by Gasteiger charge is 2.24. The summed E-state index contributed by atoms with van der Waals surface area (Å²) in [7, 11) is 0. The lowest BCUT2D eigenvalue weighted by atomic mass is 9.95. The molecule has 0 bridgehead atoms. The van der Waals surface area contributed by atoms with Gasteiger partial charge >= 0.3 is 0 Å². The van der Waals surface area contributed by atoms with Crippen molar-refractivity contribution in [1.82, 2.24) is 15.1 Å². The lowest BCUT2D eigenvalue weighted by Gasteiger charge is -2.22. The molecule has 5 nitrogen and oxygen atoms in total. The van der Waals surface area contributed by atoms with Crippen LogP contribution in [0.5, 0.6) is 5.75 Å². The number of rotatable bonds is 8. The molecule has 0 saturated carbocycles. The van der Waals surface area contributed by atoms with Crippen LogP contribution in [0.4, 0.5) is 0 Å². The number of para-hydroxylation sites is 1. The van der Waals surface area contributed by atoms with Crippen LogP contribution in [0.1, 0.15) is 37.9 Å². The summed E-state index contributed by atoms with van der Waals surface area (Å²) in [6, 6.07) is 10.1. The molecule has 3 rings (SSSR count). The molecule has 1 amide bonds. The molecule has 1 N–H and O–H groups in total. The average molecular weight is 355 g/mol. The van der Waals surface area contributed by atoms with Crippen LogP contribution < -0.4 is 10.1 Å². The number of hydrogen-bond donors (Lipinski definition) is 1. The van der Waals surface area contributed by atoms with Crippen molar-refractivity contribution < 1.29 is 9.53 Å². The van der Waals surface area contributed by atoms with E-state index in [0.717, 1.165) is 55.8 Å². The zero-order valence-electron chi connectivity index (χ0n) is 15.8. The molecule has 0 spiro atoms. The maximum atomic E-state index is 12.5. The molecule has 1 atom stereocenters. The molecule has 1 unspecified atom stereocenters. The monoisotopic (exact) mass is 355 g/mol. The Balaban J connectivity index is 1.47. The van der Waals surface area contributed by atoms with Gasteiger partial charge in [-0.25, -0.2) is 0 Å². The van der Waals surface area contributed by atoms with Gasteiger partial charge in [-0.2, -0.15) is 5.10 Å². The van der Waals surface area contributed by atoms with Gasteiger partial charge in [-0.1, -0.05) is 32.0 Å². The van der Waals surface area contributed by atoms with Crippen molar-refractivity contribution in [2.45, 2.75) is 46.1 Å². The Labute approximate surface area is 155 Å². The number of carbonyl (C=O) groups is 1. The molecule has 2 aromatic rings. The van der Waals surface area contributed by atoms with Crippen molar-refractivity contribution in [3.63, 3.8) is 0 Å². The standard InChI is InChI=1S/C21H29N3O2/c1-16(2)10-14-26-20-6-4-3-5-17(20)7-11-22-21(25)18-9-13-24-19(15-18)8-12-23-24/h3-6,8,12,16,18H,7,9-11,13-15H2,1-2H3,(H,22,25). The molecular formula is C21H29N3O2. The van der Waals surface area contributed by atoms with Gasteiger partial charge in [0.05, 0.1) is 6.61 Å². The van der Waals surface area contributed by atoms with Gasteiger partial charge in [0.25, 0.3) is 0 Å². The smallest absolute Gasteiger partial charge is 0.223 e. The molecule has 2 heterocycles.